The second-order valence-electron chi connectivity index (χ2n) is 6.05. The van der Waals surface area contributed by atoms with E-state index in [1.165, 1.54) is 22.3 Å². The molecule has 3 aromatic rings. The summed E-state index contributed by atoms with van der Waals surface area (Å²) in [5, 5.41) is 0. The van der Waals surface area contributed by atoms with Crippen molar-refractivity contribution in [3.05, 3.63) is 77.9 Å². The maximum atomic E-state index is 6.07. The second-order valence-corrected chi connectivity index (χ2v) is 6.05. The number of nitrogens with two attached hydrogens (primary N) is 2. The van der Waals surface area contributed by atoms with E-state index in [4.69, 9.17) is 11.5 Å². The summed E-state index contributed by atoms with van der Waals surface area (Å²) in [5.41, 5.74) is 19.7. The number of rotatable bonds is 1. The third-order valence-electron chi connectivity index (χ3n) is 4.56. The quantitative estimate of drug-likeness (QED) is 0.666. The number of benzene rings is 3. The van der Waals surface area contributed by atoms with Gasteiger partial charge in [0.05, 0.1) is 6.04 Å². The van der Waals surface area contributed by atoms with Crippen LogP contribution < -0.4 is 16.4 Å². The van der Waals surface area contributed by atoms with Crippen LogP contribution in [0.25, 0.3) is 11.1 Å². The highest BCUT2D eigenvalue weighted by molar-refractivity contribution is 5.88. The van der Waals surface area contributed by atoms with Gasteiger partial charge in [-0.3, -0.25) is 0 Å². The Hall–Kier alpha value is -2.94. The van der Waals surface area contributed by atoms with Crippen LogP contribution >= 0.6 is 0 Å². The Bertz CT molecular complexity index is 871. The van der Waals surface area contributed by atoms with Crippen LogP contribution in [0.1, 0.15) is 17.2 Å². The molecule has 3 heteroatoms. The van der Waals surface area contributed by atoms with Crippen LogP contribution in [0.4, 0.5) is 17.1 Å². The van der Waals surface area contributed by atoms with E-state index in [-0.39, 0.29) is 6.04 Å². The average Bonchev–Trinajstić information content (AvgIpc) is 2.56. The maximum absolute atomic E-state index is 6.07. The molecule has 1 unspecified atom stereocenters. The highest BCUT2D eigenvalue weighted by atomic mass is 15.1. The molecule has 0 amide bonds. The number of anilines is 3. The Balaban J connectivity index is 2.01. The van der Waals surface area contributed by atoms with Crippen LogP contribution in [0.3, 0.4) is 0 Å². The maximum Gasteiger partial charge on any atom is 0.0799 e. The average molecular weight is 300 g/mol. The highest BCUT2D eigenvalue weighted by Gasteiger charge is 2.30. The first kappa shape index (κ1) is 13.7. The minimum Gasteiger partial charge on any atom is -0.399 e. The Morgan fingerprint density at radius 1 is 0.783 bits per heavy atom. The molecule has 0 aliphatic carbocycles. The van der Waals surface area contributed by atoms with Crippen molar-refractivity contribution in [1.29, 1.82) is 0 Å². The van der Waals surface area contributed by atoms with Crippen LogP contribution in [0.2, 0.25) is 0 Å². The third-order valence-corrected chi connectivity index (χ3v) is 4.56. The molecule has 0 saturated carbocycles. The lowest BCUT2D eigenvalue weighted by Gasteiger charge is -2.38. The third kappa shape index (κ3) is 2.13. The normalized spacial score (nSPS) is 15.9. The van der Waals surface area contributed by atoms with E-state index in [0.29, 0.717) is 0 Å². The molecule has 1 heterocycles. The molecule has 0 bridgehead atoms. The van der Waals surface area contributed by atoms with Crippen molar-refractivity contribution in [2.75, 3.05) is 23.4 Å². The summed E-state index contributed by atoms with van der Waals surface area (Å²) < 4.78 is 0. The van der Waals surface area contributed by atoms with E-state index in [1.54, 1.807) is 0 Å². The summed E-state index contributed by atoms with van der Waals surface area (Å²) in [7, 11) is 2.11. The van der Waals surface area contributed by atoms with Crippen molar-refractivity contribution in [3.63, 3.8) is 0 Å². The fourth-order valence-electron chi connectivity index (χ4n) is 3.51. The lowest BCUT2D eigenvalue weighted by atomic mass is 9.83. The summed E-state index contributed by atoms with van der Waals surface area (Å²) in [6, 6.07) is 22.9. The summed E-state index contributed by atoms with van der Waals surface area (Å²) in [5.74, 6) is 0. The first-order chi connectivity index (χ1) is 11.1. The minimum atomic E-state index is 0.129. The first-order valence-corrected chi connectivity index (χ1v) is 7.72. The monoisotopic (exact) mass is 300 g/mol. The number of hydrogen-bond donors (Lipinski definition) is 2. The van der Waals surface area contributed by atoms with Crippen LogP contribution in [0, 0.1) is 0 Å². The summed E-state index contributed by atoms with van der Waals surface area (Å²) in [6.07, 6.45) is 0. The number of hydrogen-bond acceptors (Lipinski definition) is 3. The second kappa shape index (κ2) is 5.06. The van der Waals surface area contributed by atoms with Crippen molar-refractivity contribution >= 4 is 17.1 Å². The Labute approximate surface area is 136 Å². The van der Waals surface area contributed by atoms with Gasteiger partial charge in [-0.1, -0.05) is 42.5 Å². The van der Waals surface area contributed by atoms with E-state index in [9.17, 15) is 0 Å². The van der Waals surface area contributed by atoms with Crippen molar-refractivity contribution in [3.8, 4) is 11.1 Å². The molecule has 4 rings (SSSR count). The van der Waals surface area contributed by atoms with Crippen molar-refractivity contribution < 1.29 is 0 Å². The summed E-state index contributed by atoms with van der Waals surface area (Å²) in [4.78, 5) is 2.28. The summed E-state index contributed by atoms with van der Waals surface area (Å²) in [6.45, 7) is 0. The number of nitrogens with zero attached hydrogens (tertiary/aromatic N) is 1. The van der Waals surface area contributed by atoms with Gasteiger partial charge in [-0.15, -0.1) is 0 Å². The molecule has 1 aliphatic heterocycles. The van der Waals surface area contributed by atoms with E-state index < -0.39 is 0 Å². The minimum absolute atomic E-state index is 0.129. The topological polar surface area (TPSA) is 55.3 Å². The van der Waals surface area contributed by atoms with Crippen molar-refractivity contribution in [2.24, 2.45) is 0 Å². The van der Waals surface area contributed by atoms with Gasteiger partial charge in [0.25, 0.3) is 0 Å². The lowest BCUT2D eigenvalue weighted by molar-refractivity contribution is 0.775. The van der Waals surface area contributed by atoms with Gasteiger partial charge in [-0.25, -0.2) is 0 Å². The molecule has 4 N–H and O–H groups in total. The van der Waals surface area contributed by atoms with Gasteiger partial charge in [-0.05, 0) is 41.0 Å². The van der Waals surface area contributed by atoms with Crippen LogP contribution in [-0.2, 0) is 0 Å². The molecular formula is C20H19N3. The van der Waals surface area contributed by atoms with Crippen molar-refractivity contribution in [1.82, 2.24) is 0 Å². The van der Waals surface area contributed by atoms with Gasteiger partial charge in [0.2, 0.25) is 0 Å². The molecule has 114 valence electrons. The molecule has 3 aromatic carbocycles. The predicted molar refractivity (Wildman–Crippen MR) is 97.4 cm³/mol. The molecule has 1 aliphatic rings. The van der Waals surface area contributed by atoms with Crippen LogP contribution in [0.5, 0.6) is 0 Å². The van der Waals surface area contributed by atoms with E-state index in [2.05, 4.69) is 54.4 Å². The fraction of sp³-hybridized carbons (Fsp3) is 0.100. The lowest BCUT2D eigenvalue weighted by Crippen LogP contribution is -2.29. The van der Waals surface area contributed by atoms with Gasteiger partial charge in [0, 0.05) is 29.7 Å². The highest BCUT2D eigenvalue weighted by Crippen LogP contribution is 2.47. The zero-order valence-corrected chi connectivity index (χ0v) is 13.0. The molecular weight excluding hydrogens is 281 g/mol. The largest absolute Gasteiger partial charge is 0.399 e. The fourth-order valence-corrected chi connectivity index (χ4v) is 3.51. The predicted octanol–water partition coefficient (Wildman–Crippen LogP) is 4.06. The Morgan fingerprint density at radius 2 is 1.43 bits per heavy atom. The zero-order valence-electron chi connectivity index (χ0n) is 13.0. The van der Waals surface area contributed by atoms with E-state index in [1.807, 2.05) is 24.3 Å². The smallest absolute Gasteiger partial charge is 0.0799 e. The number of fused-ring (bicyclic) bond motifs is 3. The Morgan fingerprint density at radius 3 is 2.17 bits per heavy atom. The Kier molecular flexibility index (Phi) is 3.01. The van der Waals surface area contributed by atoms with E-state index >= 15 is 0 Å². The molecule has 0 fully saturated rings. The first-order valence-electron chi connectivity index (χ1n) is 7.72. The van der Waals surface area contributed by atoms with E-state index in [0.717, 1.165) is 17.1 Å². The van der Waals surface area contributed by atoms with Gasteiger partial charge in [-0.2, -0.15) is 0 Å². The zero-order chi connectivity index (χ0) is 16.0. The van der Waals surface area contributed by atoms with Gasteiger partial charge >= 0.3 is 0 Å². The van der Waals surface area contributed by atoms with Crippen molar-refractivity contribution in [2.45, 2.75) is 6.04 Å². The SMILES string of the molecule is [11CH3]N1c2cc(N)ccc2-c2ccc(N)cc2C1c1ccccc1. The molecule has 0 saturated heterocycles. The number of nitrogen functional groups attached to an aromatic ring is 2. The van der Waals surface area contributed by atoms with Crippen LogP contribution in [0.15, 0.2) is 66.7 Å². The van der Waals surface area contributed by atoms with Gasteiger partial charge in [0.15, 0.2) is 0 Å². The van der Waals surface area contributed by atoms with Gasteiger partial charge in [0.1, 0.15) is 0 Å². The van der Waals surface area contributed by atoms with Gasteiger partial charge < -0.3 is 16.4 Å². The molecule has 0 aromatic heterocycles. The molecule has 0 spiro atoms. The van der Waals surface area contributed by atoms with Crippen LogP contribution in [-0.4, -0.2) is 7.05 Å². The molecule has 0 radical (unpaired) electrons. The summed E-state index contributed by atoms with van der Waals surface area (Å²) >= 11 is 0. The molecule has 1 atom stereocenters. The molecule has 23 heavy (non-hydrogen) atoms. The molecule has 3 nitrogen and oxygen atoms in total. The standard InChI is InChI=1S/C20H19N3/c1-23-19-12-15(22)8-10-17(19)16-9-7-14(21)11-18(16)20(23)13-5-3-2-4-6-13/h2-12,20H,21-22H2,1H3/i1-1.